The third-order valence-electron chi connectivity index (χ3n) is 9.86. The summed E-state index contributed by atoms with van der Waals surface area (Å²) in [5, 5.41) is 8.41. The SMILES string of the molecule is C#CCOC(C)(C)C(=O)OCN(C(=O)[C@H](CCc1ccccc1)NC(=O)CN1CCOCC1)[C@@H](CC(C)C)C(=O)N[C@@H](C)C(=O)N[C@@H](CC(C)C)C(=O)[C@@]1(C)CO1. The monoisotopic (exact) mass is 797 g/mol. The van der Waals surface area contributed by atoms with Gasteiger partial charge in [0.1, 0.15) is 30.3 Å². The van der Waals surface area contributed by atoms with Crippen molar-refractivity contribution in [2.24, 2.45) is 11.8 Å². The van der Waals surface area contributed by atoms with E-state index in [4.69, 9.17) is 25.4 Å². The number of rotatable bonds is 23. The minimum absolute atomic E-state index is 0.0300. The summed E-state index contributed by atoms with van der Waals surface area (Å²) in [5.74, 6) is -1.18. The van der Waals surface area contributed by atoms with Gasteiger partial charge in [0.25, 0.3) is 0 Å². The third kappa shape index (κ3) is 15.2. The molecule has 2 heterocycles. The van der Waals surface area contributed by atoms with Gasteiger partial charge in [-0.25, -0.2) is 4.79 Å². The molecule has 2 aliphatic heterocycles. The zero-order chi connectivity index (χ0) is 42.3. The number of hydrogen-bond acceptors (Lipinski definition) is 11. The maximum Gasteiger partial charge on any atom is 0.339 e. The summed E-state index contributed by atoms with van der Waals surface area (Å²) in [6.07, 6.45) is 6.41. The van der Waals surface area contributed by atoms with E-state index in [9.17, 15) is 28.8 Å². The number of nitrogens with zero attached hydrogens (tertiary/aromatic N) is 2. The average Bonchev–Trinajstić information content (AvgIpc) is 3.92. The molecule has 0 aromatic heterocycles. The van der Waals surface area contributed by atoms with Crippen molar-refractivity contribution < 1.29 is 47.7 Å². The Morgan fingerprint density at radius 3 is 2.14 bits per heavy atom. The van der Waals surface area contributed by atoms with Crippen molar-refractivity contribution in [3.05, 3.63) is 35.9 Å². The van der Waals surface area contributed by atoms with Gasteiger partial charge in [-0.15, -0.1) is 6.42 Å². The molecular formula is C42H63N5O10. The van der Waals surface area contributed by atoms with Crippen LogP contribution < -0.4 is 16.0 Å². The fraction of sp³-hybridized carbons (Fsp3) is 0.667. The van der Waals surface area contributed by atoms with E-state index in [0.717, 1.165) is 10.5 Å². The fourth-order valence-electron chi connectivity index (χ4n) is 6.32. The number of benzene rings is 1. The largest absolute Gasteiger partial charge is 0.442 e. The number of nitrogens with one attached hydrogen (secondary N) is 3. The first-order valence-electron chi connectivity index (χ1n) is 19.8. The maximum absolute atomic E-state index is 14.8. The van der Waals surface area contributed by atoms with Crippen molar-refractivity contribution in [3.63, 3.8) is 0 Å². The Balaban J connectivity index is 1.94. The van der Waals surface area contributed by atoms with E-state index in [2.05, 4.69) is 21.9 Å². The Morgan fingerprint density at radius 2 is 1.56 bits per heavy atom. The number of carbonyl (C=O) groups is 6. The zero-order valence-electron chi connectivity index (χ0n) is 34.9. The lowest BCUT2D eigenvalue weighted by atomic mass is 9.93. The molecule has 0 spiro atoms. The van der Waals surface area contributed by atoms with Gasteiger partial charge >= 0.3 is 5.97 Å². The van der Waals surface area contributed by atoms with E-state index in [0.29, 0.717) is 39.1 Å². The van der Waals surface area contributed by atoms with E-state index in [1.54, 1.807) is 6.92 Å². The Kier molecular flexibility index (Phi) is 18.1. The van der Waals surface area contributed by atoms with E-state index >= 15 is 0 Å². The Labute approximate surface area is 337 Å². The molecular weight excluding hydrogens is 734 g/mol. The van der Waals surface area contributed by atoms with Gasteiger partial charge in [-0.3, -0.25) is 33.8 Å². The van der Waals surface area contributed by atoms with Crippen molar-refractivity contribution in [3.8, 4) is 12.3 Å². The van der Waals surface area contributed by atoms with Gasteiger partial charge in [0.2, 0.25) is 23.6 Å². The van der Waals surface area contributed by atoms with Gasteiger partial charge in [-0.1, -0.05) is 63.9 Å². The van der Waals surface area contributed by atoms with E-state index in [1.165, 1.54) is 20.8 Å². The number of ether oxygens (including phenoxy) is 4. The van der Waals surface area contributed by atoms with Gasteiger partial charge in [0, 0.05) is 13.1 Å². The highest BCUT2D eigenvalue weighted by Gasteiger charge is 2.50. The molecule has 2 fully saturated rings. The van der Waals surface area contributed by atoms with Crippen LogP contribution in [0, 0.1) is 24.2 Å². The molecule has 3 N–H and O–H groups in total. The molecule has 15 nitrogen and oxygen atoms in total. The summed E-state index contributed by atoms with van der Waals surface area (Å²) in [7, 11) is 0. The first kappa shape index (κ1) is 47.0. The Hall–Kier alpha value is -4.36. The molecule has 1 aromatic carbocycles. The molecule has 15 heteroatoms. The van der Waals surface area contributed by atoms with Crippen molar-refractivity contribution in [1.29, 1.82) is 0 Å². The van der Waals surface area contributed by atoms with Gasteiger partial charge in [-0.2, -0.15) is 0 Å². The predicted molar refractivity (Wildman–Crippen MR) is 212 cm³/mol. The Bertz CT molecular complexity index is 1570. The zero-order valence-corrected chi connectivity index (χ0v) is 34.9. The number of Topliss-reactive ketones (excluding diaryl/α,β-unsaturated/α-hetero) is 1. The van der Waals surface area contributed by atoms with Crippen LogP contribution in [0.2, 0.25) is 0 Å². The maximum atomic E-state index is 14.8. The Morgan fingerprint density at radius 1 is 0.930 bits per heavy atom. The van der Waals surface area contributed by atoms with Crippen LogP contribution in [0.4, 0.5) is 0 Å². The number of morpholine rings is 1. The van der Waals surface area contributed by atoms with Crippen molar-refractivity contribution in [2.75, 3.05) is 52.8 Å². The van der Waals surface area contributed by atoms with E-state index in [1.807, 2.05) is 62.9 Å². The number of hydrogen-bond donors (Lipinski definition) is 3. The van der Waals surface area contributed by atoms with Crippen LogP contribution in [0.25, 0.3) is 0 Å². The molecule has 5 atom stereocenters. The summed E-state index contributed by atoms with van der Waals surface area (Å²) in [6, 6.07) is 5.11. The van der Waals surface area contributed by atoms with Crippen LogP contribution >= 0.6 is 0 Å². The standard InChI is InChI=1S/C42H63N5O10/c1-10-20-56-41(7,8)40(53)55-27-47(39(52)32(17-16-31-14-12-11-13-15-31)44-35(48)25-46-18-21-54-22-19-46)34(24-29(4)5)38(51)43-30(6)37(50)45-33(23-28(2)3)36(49)42(9)26-57-42/h1,11-15,28-30,32-34H,16-27H2,2-9H3,(H,43,51)(H,44,48)(H,45,50)/t30-,32-,33-,34-,42+/m0/s1. The average molecular weight is 798 g/mol. The third-order valence-corrected chi connectivity index (χ3v) is 9.86. The second-order valence-electron chi connectivity index (χ2n) is 16.4. The number of esters is 1. The number of terminal acetylenes is 1. The summed E-state index contributed by atoms with van der Waals surface area (Å²) >= 11 is 0. The molecule has 0 radical (unpaired) electrons. The molecule has 3 rings (SSSR count). The minimum atomic E-state index is -1.49. The second kappa shape index (κ2) is 22.0. The lowest BCUT2D eigenvalue weighted by Crippen LogP contribution is -2.60. The fourth-order valence-corrected chi connectivity index (χ4v) is 6.32. The molecule has 0 aliphatic carbocycles. The highest BCUT2D eigenvalue weighted by atomic mass is 16.6. The quantitative estimate of drug-likeness (QED) is 0.0637. The molecule has 1 aromatic rings. The lowest BCUT2D eigenvalue weighted by molar-refractivity contribution is -0.176. The summed E-state index contributed by atoms with van der Waals surface area (Å²) in [4.78, 5) is 85.8. The lowest BCUT2D eigenvalue weighted by Gasteiger charge is -2.36. The molecule has 4 amide bonds. The second-order valence-corrected chi connectivity index (χ2v) is 16.4. The topological polar surface area (TPSA) is 185 Å². The molecule has 57 heavy (non-hydrogen) atoms. The summed E-state index contributed by atoms with van der Waals surface area (Å²) in [5.41, 5.74) is -1.53. The first-order valence-corrected chi connectivity index (χ1v) is 19.8. The number of carbonyl (C=O) groups excluding carboxylic acids is 6. The molecule has 0 saturated carbocycles. The molecule has 316 valence electrons. The van der Waals surface area contributed by atoms with Crippen LogP contribution in [0.1, 0.15) is 80.2 Å². The van der Waals surface area contributed by atoms with Crippen LogP contribution in [-0.4, -0.2) is 133 Å². The molecule has 0 unspecified atom stereocenters. The first-order chi connectivity index (χ1) is 26.9. The number of epoxide rings is 1. The van der Waals surface area contributed by atoms with Crippen molar-refractivity contribution in [2.45, 2.75) is 116 Å². The highest BCUT2D eigenvalue weighted by molar-refractivity contribution is 5.98. The molecule has 2 aliphatic rings. The minimum Gasteiger partial charge on any atom is -0.442 e. The van der Waals surface area contributed by atoms with Gasteiger partial charge in [0.15, 0.2) is 18.1 Å². The van der Waals surface area contributed by atoms with Gasteiger partial charge < -0.3 is 34.9 Å². The van der Waals surface area contributed by atoms with Crippen LogP contribution in [0.15, 0.2) is 30.3 Å². The number of amides is 4. The summed E-state index contributed by atoms with van der Waals surface area (Å²) < 4.78 is 21.9. The number of ketones is 1. The van der Waals surface area contributed by atoms with Gasteiger partial charge in [-0.05, 0) is 70.8 Å². The van der Waals surface area contributed by atoms with E-state index in [-0.39, 0.29) is 50.2 Å². The smallest absolute Gasteiger partial charge is 0.339 e. The molecule has 0 bridgehead atoms. The summed E-state index contributed by atoms with van der Waals surface area (Å²) in [6.45, 7) is 15.2. The van der Waals surface area contributed by atoms with Gasteiger partial charge in [0.05, 0.1) is 32.4 Å². The number of aryl methyl sites for hydroxylation is 1. The van der Waals surface area contributed by atoms with Crippen molar-refractivity contribution in [1.82, 2.24) is 25.8 Å². The predicted octanol–water partition coefficient (Wildman–Crippen LogP) is 2.00. The normalized spacial score (nSPS) is 19.0. The highest BCUT2D eigenvalue weighted by Crippen LogP contribution is 2.29. The molecule has 2 saturated heterocycles. The van der Waals surface area contributed by atoms with Crippen LogP contribution in [-0.2, 0) is 54.1 Å². The van der Waals surface area contributed by atoms with E-state index < -0.39 is 71.7 Å². The van der Waals surface area contributed by atoms with Crippen LogP contribution in [0.5, 0.6) is 0 Å². The van der Waals surface area contributed by atoms with Crippen molar-refractivity contribution >= 4 is 35.4 Å². The van der Waals surface area contributed by atoms with Crippen LogP contribution in [0.3, 0.4) is 0 Å².